The number of aryl methyl sites for hydroxylation is 1. The monoisotopic (exact) mass is 486 g/mol. The van der Waals surface area contributed by atoms with Crippen LogP contribution in [0.4, 0.5) is 11.4 Å². The zero-order valence-electron chi connectivity index (χ0n) is 18.8. The second-order valence-electron chi connectivity index (χ2n) is 9.12. The Kier molecular flexibility index (Phi) is 4.66. The normalized spacial score (nSPS) is 23.4. The fourth-order valence-electron chi connectivity index (χ4n) is 5.54. The number of hydrogen-bond acceptors (Lipinski definition) is 5. The first-order valence-electron chi connectivity index (χ1n) is 11.4. The zero-order chi connectivity index (χ0) is 24.5. The van der Waals surface area contributed by atoms with Crippen molar-refractivity contribution in [1.29, 1.82) is 0 Å². The van der Waals surface area contributed by atoms with Crippen molar-refractivity contribution in [3.8, 4) is 0 Å². The molecule has 1 fully saturated rings. The summed E-state index contributed by atoms with van der Waals surface area (Å²) in [6.07, 6.45) is -0.0167. The van der Waals surface area contributed by atoms with Gasteiger partial charge >= 0.3 is 0 Å². The van der Waals surface area contributed by atoms with E-state index in [9.17, 15) is 23.1 Å². The Labute approximate surface area is 203 Å². The van der Waals surface area contributed by atoms with Crippen LogP contribution in [0.1, 0.15) is 17.5 Å². The van der Waals surface area contributed by atoms with Crippen molar-refractivity contribution in [2.75, 3.05) is 9.21 Å². The van der Waals surface area contributed by atoms with Gasteiger partial charge in [-0.05, 0) is 37.3 Å². The lowest BCUT2D eigenvalue weighted by atomic mass is 9.76. The fourth-order valence-corrected chi connectivity index (χ4v) is 7.20. The van der Waals surface area contributed by atoms with E-state index in [1.807, 2.05) is 6.92 Å². The summed E-state index contributed by atoms with van der Waals surface area (Å²) < 4.78 is 29.3. The third kappa shape index (κ3) is 2.99. The maximum absolute atomic E-state index is 14.0. The molecule has 3 aliphatic rings. The number of amides is 2. The number of anilines is 2. The van der Waals surface area contributed by atoms with Gasteiger partial charge in [-0.25, -0.2) is 13.3 Å². The number of allylic oxidation sites excluding steroid dienone is 1. The lowest BCUT2D eigenvalue weighted by molar-refractivity contribution is -0.122. The Morgan fingerprint density at radius 3 is 2.23 bits per heavy atom. The number of aliphatic hydroxyl groups is 1. The van der Waals surface area contributed by atoms with Crippen LogP contribution in [0.2, 0.25) is 0 Å². The van der Waals surface area contributed by atoms with Crippen molar-refractivity contribution >= 4 is 38.8 Å². The van der Waals surface area contributed by atoms with Gasteiger partial charge in [-0.2, -0.15) is 0 Å². The Morgan fingerprint density at radius 1 is 0.857 bits per heavy atom. The predicted molar refractivity (Wildman–Crippen MR) is 131 cm³/mol. The maximum atomic E-state index is 14.0. The minimum Gasteiger partial charge on any atom is -0.512 e. The number of para-hydroxylation sites is 2. The fraction of sp³-hybridized carbons (Fsp3) is 0.185. The molecule has 0 aromatic heterocycles. The van der Waals surface area contributed by atoms with Crippen molar-refractivity contribution in [2.45, 2.75) is 24.3 Å². The summed E-state index contributed by atoms with van der Waals surface area (Å²) in [7, 11) is -4.12. The number of aliphatic hydroxyl groups excluding tert-OH is 1. The van der Waals surface area contributed by atoms with E-state index >= 15 is 0 Å². The molecule has 3 aromatic rings. The second-order valence-corrected chi connectivity index (χ2v) is 10.9. The van der Waals surface area contributed by atoms with Gasteiger partial charge < -0.3 is 5.11 Å². The molecule has 2 heterocycles. The molecule has 3 aromatic carbocycles. The molecule has 0 spiro atoms. The third-order valence-corrected chi connectivity index (χ3v) is 8.92. The van der Waals surface area contributed by atoms with E-state index in [0.29, 0.717) is 22.5 Å². The van der Waals surface area contributed by atoms with Gasteiger partial charge in [0.1, 0.15) is 0 Å². The molecule has 1 aliphatic carbocycles. The van der Waals surface area contributed by atoms with Crippen LogP contribution in [-0.2, 0) is 19.6 Å². The topological polar surface area (TPSA) is 95.0 Å². The lowest BCUT2D eigenvalue weighted by Crippen LogP contribution is -2.48. The van der Waals surface area contributed by atoms with Gasteiger partial charge in [0.05, 0.1) is 39.9 Å². The van der Waals surface area contributed by atoms with Gasteiger partial charge in [0.2, 0.25) is 11.8 Å². The van der Waals surface area contributed by atoms with E-state index < -0.39 is 39.7 Å². The molecule has 3 atom stereocenters. The molecule has 1 N–H and O–H groups in total. The minimum atomic E-state index is -4.12. The zero-order valence-corrected chi connectivity index (χ0v) is 19.6. The molecule has 8 heteroatoms. The van der Waals surface area contributed by atoms with Gasteiger partial charge in [0.25, 0.3) is 10.0 Å². The first-order valence-corrected chi connectivity index (χ1v) is 12.8. The molecule has 7 nitrogen and oxygen atoms in total. The largest absolute Gasteiger partial charge is 0.512 e. The van der Waals surface area contributed by atoms with Gasteiger partial charge in [-0.1, -0.05) is 54.1 Å². The highest BCUT2D eigenvalue weighted by Crippen LogP contribution is 2.54. The first kappa shape index (κ1) is 21.6. The summed E-state index contributed by atoms with van der Waals surface area (Å²) in [5, 5.41) is 11.1. The highest BCUT2D eigenvalue weighted by atomic mass is 32.2. The quantitative estimate of drug-likeness (QED) is 0.564. The van der Waals surface area contributed by atoms with E-state index in [1.54, 1.807) is 66.7 Å². The van der Waals surface area contributed by atoms with Gasteiger partial charge in [0.15, 0.2) is 0 Å². The number of imide groups is 1. The summed E-state index contributed by atoms with van der Waals surface area (Å²) in [6, 6.07) is 21.0. The van der Waals surface area contributed by atoms with Crippen molar-refractivity contribution < 1.29 is 23.1 Å². The van der Waals surface area contributed by atoms with Crippen LogP contribution in [0.15, 0.2) is 89.5 Å². The first-order chi connectivity index (χ1) is 16.8. The standard InChI is InChI=1S/C27H22N2O5S/c1-16-11-13-18(14-12-16)35(33,34)29-21-10-6-5-9-19(21)23-22(30)15-20-24(25(23)29)27(32)28(26(20)31)17-7-3-2-4-8-17/h2-14,20,24-25,30H,15H2,1H3. The highest BCUT2D eigenvalue weighted by molar-refractivity contribution is 7.93. The Balaban J connectivity index is 1.55. The van der Waals surface area contributed by atoms with Gasteiger partial charge in [0, 0.05) is 17.6 Å². The van der Waals surface area contributed by atoms with Crippen molar-refractivity contribution in [1.82, 2.24) is 0 Å². The average Bonchev–Trinajstić information content (AvgIpc) is 3.32. The van der Waals surface area contributed by atoms with Crippen LogP contribution in [0.5, 0.6) is 0 Å². The van der Waals surface area contributed by atoms with Crippen molar-refractivity contribution in [2.24, 2.45) is 11.8 Å². The molecule has 2 amide bonds. The van der Waals surface area contributed by atoms with Gasteiger partial charge in [-0.15, -0.1) is 0 Å². The molecular weight excluding hydrogens is 464 g/mol. The molecule has 0 radical (unpaired) electrons. The predicted octanol–water partition coefficient (Wildman–Crippen LogP) is 4.05. The smallest absolute Gasteiger partial charge is 0.264 e. The summed E-state index contributed by atoms with van der Waals surface area (Å²) in [5.74, 6) is -2.76. The van der Waals surface area contributed by atoms with Crippen LogP contribution < -0.4 is 9.21 Å². The Morgan fingerprint density at radius 2 is 1.51 bits per heavy atom. The molecule has 0 saturated carbocycles. The molecule has 2 aliphatic heterocycles. The van der Waals surface area contributed by atoms with Crippen LogP contribution >= 0.6 is 0 Å². The second kappa shape index (κ2) is 7.55. The summed E-state index contributed by atoms with van der Waals surface area (Å²) in [4.78, 5) is 28.4. The van der Waals surface area contributed by atoms with E-state index in [0.717, 1.165) is 10.5 Å². The summed E-state index contributed by atoms with van der Waals surface area (Å²) in [5.41, 5.74) is 2.69. The molecule has 176 valence electrons. The molecule has 3 unspecified atom stereocenters. The van der Waals surface area contributed by atoms with Crippen molar-refractivity contribution in [3.63, 3.8) is 0 Å². The number of hydrogen-bond donors (Lipinski definition) is 1. The van der Waals surface area contributed by atoms with E-state index in [4.69, 9.17) is 0 Å². The van der Waals surface area contributed by atoms with Crippen LogP contribution in [0, 0.1) is 18.8 Å². The molecule has 0 bridgehead atoms. The molecular formula is C27H22N2O5S. The van der Waals surface area contributed by atoms with Crippen LogP contribution in [0.25, 0.3) is 5.57 Å². The number of fused-ring (bicyclic) bond motifs is 5. The minimum absolute atomic E-state index is 0.0167. The van der Waals surface area contributed by atoms with E-state index in [-0.39, 0.29) is 17.1 Å². The molecule has 1 saturated heterocycles. The summed E-state index contributed by atoms with van der Waals surface area (Å²) >= 11 is 0. The average molecular weight is 487 g/mol. The number of carbonyl (C=O) groups excluding carboxylic acids is 2. The SMILES string of the molecule is Cc1ccc(S(=O)(=O)N2c3ccccc3C3=C(O)CC4C(=O)N(c5ccccc5)C(=O)C4C32)cc1. The number of benzene rings is 3. The third-order valence-electron chi connectivity index (χ3n) is 7.11. The number of nitrogens with zero attached hydrogens (tertiary/aromatic N) is 2. The molecule has 35 heavy (non-hydrogen) atoms. The Bertz CT molecular complexity index is 1510. The van der Waals surface area contributed by atoms with Crippen LogP contribution in [0.3, 0.4) is 0 Å². The van der Waals surface area contributed by atoms with E-state index in [1.165, 1.54) is 16.4 Å². The highest BCUT2D eigenvalue weighted by Gasteiger charge is 2.60. The lowest BCUT2D eigenvalue weighted by Gasteiger charge is -2.35. The van der Waals surface area contributed by atoms with Gasteiger partial charge in [-0.3, -0.25) is 13.9 Å². The van der Waals surface area contributed by atoms with E-state index in [2.05, 4.69) is 0 Å². The maximum Gasteiger partial charge on any atom is 0.264 e. The molecule has 6 rings (SSSR count). The summed E-state index contributed by atoms with van der Waals surface area (Å²) in [6.45, 7) is 1.87. The van der Waals surface area contributed by atoms with Crippen molar-refractivity contribution in [3.05, 3.63) is 95.7 Å². The Hall–Kier alpha value is -3.91. The van der Waals surface area contributed by atoms with Crippen LogP contribution in [-0.4, -0.2) is 31.4 Å². The number of carbonyl (C=O) groups is 2. The number of sulfonamides is 1. The number of rotatable bonds is 3.